The van der Waals surface area contributed by atoms with E-state index >= 15 is 0 Å². The molecule has 1 aromatic carbocycles. The molecule has 0 spiro atoms. The van der Waals surface area contributed by atoms with Crippen molar-refractivity contribution >= 4 is 18.4 Å². The number of halogens is 1. The van der Waals surface area contributed by atoms with Gasteiger partial charge in [0.2, 0.25) is 0 Å². The zero-order valence-corrected chi connectivity index (χ0v) is 11.6. The summed E-state index contributed by atoms with van der Waals surface area (Å²) in [7, 11) is 0. The molecule has 2 rings (SSSR count). The Hall–Kier alpha value is -1.10. The van der Waals surface area contributed by atoms with E-state index in [0.717, 1.165) is 26.0 Å². The largest absolute Gasteiger partial charge is 0.480 e. The van der Waals surface area contributed by atoms with E-state index in [1.807, 2.05) is 23.1 Å². The Morgan fingerprint density at radius 1 is 1.37 bits per heavy atom. The van der Waals surface area contributed by atoms with Crippen molar-refractivity contribution in [3.05, 3.63) is 35.9 Å². The van der Waals surface area contributed by atoms with Crippen LogP contribution in [0.25, 0.3) is 0 Å². The first-order chi connectivity index (χ1) is 8.75. The molecule has 4 nitrogen and oxygen atoms in total. The summed E-state index contributed by atoms with van der Waals surface area (Å²) < 4.78 is 5.34. The van der Waals surface area contributed by atoms with E-state index in [1.165, 1.54) is 5.56 Å². The van der Waals surface area contributed by atoms with E-state index < -0.39 is 5.97 Å². The molecule has 1 aromatic rings. The van der Waals surface area contributed by atoms with Crippen molar-refractivity contribution in [2.45, 2.75) is 18.9 Å². The number of nitrogens with zero attached hydrogens (tertiary/aromatic N) is 1. The van der Waals surface area contributed by atoms with Gasteiger partial charge in [-0.15, -0.1) is 12.4 Å². The number of rotatable bonds is 6. The third-order valence-electron chi connectivity index (χ3n) is 3.29. The van der Waals surface area contributed by atoms with Gasteiger partial charge in [-0.2, -0.15) is 0 Å². The molecule has 106 valence electrons. The lowest BCUT2D eigenvalue weighted by Gasteiger charge is -2.25. The second kappa shape index (κ2) is 8.15. The van der Waals surface area contributed by atoms with Crippen molar-refractivity contribution < 1.29 is 14.6 Å². The molecule has 0 aromatic heterocycles. The monoisotopic (exact) mass is 285 g/mol. The van der Waals surface area contributed by atoms with E-state index in [9.17, 15) is 4.79 Å². The van der Waals surface area contributed by atoms with Gasteiger partial charge in [0.05, 0.1) is 13.2 Å². The summed E-state index contributed by atoms with van der Waals surface area (Å²) in [6, 6.07) is 10.4. The van der Waals surface area contributed by atoms with Crippen LogP contribution in [0, 0.1) is 0 Å². The first kappa shape index (κ1) is 16.0. The van der Waals surface area contributed by atoms with Crippen LogP contribution in [-0.4, -0.2) is 48.3 Å². The van der Waals surface area contributed by atoms with Crippen molar-refractivity contribution in [3.63, 3.8) is 0 Å². The lowest BCUT2D eigenvalue weighted by Crippen LogP contribution is -2.40. The van der Waals surface area contributed by atoms with E-state index in [-0.39, 0.29) is 25.0 Å². The van der Waals surface area contributed by atoms with Gasteiger partial charge >= 0.3 is 5.97 Å². The van der Waals surface area contributed by atoms with Gasteiger partial charge in [0.25, 0.3) is 0 Å². The number of ether oxygens (including phenoxy) is 1. The van der Waals surface area contributed by atoms with Crippen molar-refractivity contribution in [2.24, 2.45) is 0 Å². The summed E-state index contributed by atoms with van der Waals surface area (Å²) in [4.78, 5) is 12.9. The fraction of sp³-hybridized carbons (Fsp3) is 0.500. The van der Waals surface area contributed by atoms with Crippen LogP contribution in [0.15, 0.2) is 30.3 Å². The normalized spacial score (nSPS) is 18.3. The summed E-state index contributed by atoms with van der Waals surface area (Å²) in [6.07, 6.45) is 1.81. The fourth-order valence-corrected chi connectivity index (χ4v) is 2.29. The summed E-state index contributed by atoms with van der Waals surface area (Å²) in [5, 5.41) is 8.96. The molecular weight excluding hydrogens is 266 g/mol. The highest BCUT2D eigenvalue weighted by Crippen LogP contribution is 2.13. The average Bonchev–Trinajstić information content (AvgIpc) is 2.89. The van der Waals surface area contributed by atoms with Gasteiger partial charge in [0, 0.05) is 19.2 Å². The lowest BCUT2D eigenvalue weighted by atomic mass is 10.1. The van der Waals surface area contributed by atoms with Gasteiger partial charge < -0.3 is 9.84 Å². The Morgan fingerprint density at radius 3 is 2.68 bits per heavy atom. The predicted molar refractivity (Wildman–Crippen MR) is 75.8 cm³/mol. The van der Waals surface area contributed by atoms with Crippen LogP contribution in [0.2, 0.25) is 0 Å². The number of carboxylic acid groups (broad SMARTS) is 1. The maximum absolute atomic E-state index is 10.9. The molecule has 5 heteroatoms. The number of carbonyl (C=O) groups is 1. The average molecular weight is 286 g/mol. The molecule has 1 heterocycles. The van der Waals surface area contributed by atoms with E-state index in [4.69, 9.17) is 9.84 Å². The van der Waals surface area contributed by atoms with Gasteiger partial charge in [-0.3, -0.25) is 9.69 Å². The number of benzene rings is 1. The minimum atomic E-state index is -0.769. The minimum absolute atomic E-state index is 0. The molecule has 0 saturated carbocycles. The molecular formula is C14H20ClNO3. The molecule has 1 atom stereocenters. The van der Waals surface area contributed by atoms with Crippen LogP contribution in [0.1, 0.15) is 12.0 Å². The summed E-state index contributed by atoms with van der Waals surface area (Å²) >= 11 is 0. The second-order valence-electron chi connectivity index (χ2n) is 4.62. The quantitative estimate of drug-likeness (QED) is 0.866. The Kier molecular flexibility index (Phi) is 6.84. The number of carboxylic acids is 1. The van der Waals surface area contributed by atoms with E-state index in [2.05, 4.69) is 12.1 Å². The first-order valence-corrected chi connectivity index (χ1v) is 6.33. The third kappa shape index (κ3) is 5.19. The maximum Gasteiger partial charge on any atom is 0.317 e. The van der Waals surface area contributed by atoms with Gasteiger partial charge in [-0.25, -0.2) is 0 Å². The van der Waals surface area contributed by atoms with Crippen LogP contribution in [0.5, 0.6) is 0 Å². The second-order valence-corrected chi connectivity index (χ2v) is 4.62. The smallest absolute Gasteiger partial charge is 0.317 e. The minimum Gasteiger partial charge on any atom is -0.480 e. The molecule has 19 heavy (non-hydrogen) atoms. The van der Waals surface area contributed by atoms with Gasteiger partial charge in [-0.1, -0.05) is 30.3 Å². The topological polar surface area (TPSA) is 49.8 Å². The molecule has 0 aliphatic carbocycles. The van der Waals surface area contributed by atoms with Crippen LogP contribution in [0.3, 0.4) is 0 Å². The SMILES string of the molecule is Cl.O=C(O)CN(CCc1ccccc1)C1CCOC1. The lowest BCUT2D eigenvalue weighted by molar-refractivity contribution is -0.138. The van der Waals surface area contributed by atoms with Crippen molar-refractivity contribution in [1.29, 1.82) is 0 Å². The van der Waals surface area contributed by atoms with Crippen molar-refractivity contribution in [3.8, 4) is 0 Å². The predicted octanol–water partition coefficient (Wildman–Crippen LogP) is 1.83. The summed E-state index contributed by atoms with van der Waals surface area (Å²) in [5.74, 6) is -0.769. The Bertz CT molecular complexity index is 380. The molecule has 1 unspecified atom stereocenters. The highest BCUT2D eigenvalue weighted by atomic mass is 35.5. The molecule has 1 N–H and O–H groups in total. The van der Waals surface area contributed by atoms with Crippen LogP contribution in [0.4, 0.5) is 0 Å². The zero-order chi connectivity index (χ0) is 12.8. The molecule has 0 amide bonds. The number of hydrogen-bond acceptors (Lipinski definition) is 3. The van der Waals surface area contributed by atoms with E-state index in [0.29, 0.717) is 6.61 Å². The molecule has 1 saturated heterocycles. The van der Waals surface area contributed by atoms with Gasteiger partial charge in [-0.05, 0) is 18.4 Å². The summed E-state index contributed by atoms with van der Waals surface area (Å²) in [5.41, 5.74) is 1.24. The molecule has 1 aliphatic heterocycles. The Morgan fingerprint density at radius 2 is 2.11 bits per heavy atom. The molecule has 0 bridgehead atoms. The Balaban J connectivity index is 0.00000180. The Labute approximate surface area is 119 Å². The number of hydrogen-bond donors (Lipinski definition) is 1. The van der Waals surface area contributed by atoms with Crippen LogP contribution >= 0.6 is 12.4 Å². The van der Waals surface area contributed by atoms with E-state index in [1.54, 1.807) is 0 Å². The number of aliphatic carboxylic acids is 1. The highest BCUT2D eigenvalue weighted by molar-refractivity contribution is 5.85. The molecule has 1 aliphatic rings. The van der Waals surface area contributed by atoms with Crippen LogP contribution < -0.4 is 0 Å². The first-order valence-electron chi connectivity index (χ1n) is 6.33. The third-order valence-corrected chi connectivity index (χ3v) is 3.29. The van der Waals surface area contributed by atoms with Crippen LogP contribution in [-0.2, 0) is 16.0 Å². The van der Waals surface area contributed by atoms with Crippen molar-refractivity contribution in [2.75, 3.05) is 26.3 Å². The standard InChI is InChI=1S/C14H19NO3.ClH/c16-14(17)10-15(13-7-9-18-11-13)8-6-12-4-2-1-3-5-12;/h1-5,13H,6-11H2,(H,16,17);1H. The molecule has 1 fully saturated rings. The molecule has 0 radical (unpaired) electrons. The van der Waals surface area contributed by atoms with Crippen molar-refractivity contribution in [1.82, 2.24) is 4.90 Å². The van der Waals surface area contributed by atoms with Gasteiger partial charge in [0.1, 0.15) is 0 Å². The highest BCUT2D eigenvalue weighted by Gasteiger charge is 2.24. The van der Waals surface area contributed by atoms with Gasteiger partial charge in [0.15, 0.2) is 0 Å². The maximum atomic E-state index is 10.9. The fourth-order valence-electron chi connectivity index (χ4n) is 2.29. The summed E-state index contributed by atoms with van der Waals surface area (Å²) in [6.45, 7) is 2.26. The zero-order valence-electron chi connectivity index (χ0n) is 10.8.